The zero-order valence-corrected chi connectivity index (χ0v) is 9.49. The Bertz CT molecular complexity index is 423. The van der Waals surface area contributed by atoms with Crippen LogP contribution in [-0.4, -0.2) is 38.0 Å². The van der Waals surface area contributed by atoms with Gasteiger partial charge in [0.2, 0.25) is 0 Å². The maximum Gasteiger partial charge on any atom is 0.308 e. The van der Waals surface area contributed by atoms with E-state index in [1.54, 1.807) is 18.5 Å². The van der Waals surface area contributed by atoms with Crippen LogP contribution in [0.4, 0.5) is 0 Å². The summed E-state index contributed by atoms with van der Waals surface area (Å²) in [6.45, 7) is 0.681. The highest BCUT2D eigenvalue weighted by Gasteiger charge is 2.49. The molecule has 0 radical (unpaired) electrons. The normalized spacial score (nSPS) is 31.9. The average molecular weight is 233 g/mol. The number of rotatable bonds is 3. The lowest BCUT2D eigenvalue weighted by Crippen LogP contribution is -2.33. The van der Waals surface area contributed by atoms with Crippen LogP contribution in [0.1, 0.15) is 25.1 Å². The van der Waals surface area contributed by atoms with Crippen LogP contribution in [0.3, 0.4) is 0 Å². The molecule has 0 saturated carbocycles. The van der Waals surface area contributed by atoms with Gasteiger partial charge in [-0.15, -0.1) is 0 Å². The van der Waals surface area contributed by atoms with Crippen LogP contribution >= 0.6 is 0 Å². The van der Waals surface area contributed by atoms with Gasteiger partial charge in [-0.25, -0.2) is 9.97 Å². The number of aliphatic carboxylic acids is 1. The average Bonchev–Trinajstić information content (AvgIpc) is 2.88. The van der Waals surface area contributed by atoms with Gasteiger partial charge in [0, 0.05) is 24.5 Å². The van der Waals surface area contributed by atoms with Gasteiger partial charge in [-0.2, -0.15) is 0 Å². The van der Waals surface area contributed by atoms with E-state index in [1.165, 1.54) is 0 Å². The number of carboxylic acid groups (broad SMARTS) is 1. The van der Waals surface area contributed by atoms with Crippen LogP contribution in [0.25, 0.3) is 0 Å². The lowest BCUT2D eigenvalue weighted by Gasteiger charge is -2.21. The van der Waals surface area contributed by atoms with Crippen molar-refractivity contribution in [1.29, 1.82) is 0 Å². The molecule has 2 aliphatic heterocycles. The molecule has 3 atom stereocenters. The fourth-order valence-electron chi connectivity index (χ4n) is 3.19. The van der Waals surface area contributed by atoms with Crippen molar-refractivity contribution in [2.75, 3.05) is 0 Å². The second kappa shape index (κ2) is 4.07. The summed E-state index contributed by atoms with van der Waals surface area (Å²) in [6.07, 6.45) is 6.35. The van der Waals surface area contributed by atoms with E-state index in [-0.39, 0.29) is 12.0 Å². The molecule has 2 aliphatic rings. The fraction of sp³-hybridized carbons (Fsp3) is 0.583. The van der Waals surface area contributed by atoms with Crippen LogP contribution in [0.15, 0.2) is 18.5 Å². The third-order valence-electron chi connectivity index (χ3n) is 3.94. The summed E-state index contributed by atoms with van der Waals surface area (Å²) in [7, 11) is 0. The van der Waals surface area contributed by atoms with Gasteiger partial charge in [0.25, 0.3) is 0 Å². The van der Waals surface area contributed by atoms with E-state index in [2.05, 4.69) is 14.9 Å². The zero-order chi connectivity index (χ0) is 11.8. The molecule has 2 fully saturated rings. The third kappa shape index (κ3) is 1.80. The van der Waals surface area contributed by atoms with Gasteiger partial charge in [-0.1, -0.05) is 0 Å². The molecule has 1 N–H and O–H groups in total. The monoisotopic (exact) mass is 233 g/mol. The van der Waals surface area contributed by atoms with Crippen molar-refractivity contribution < 1.29 is 9.90 Å². The Kier molecular flexibility index (Phi) is 2.55. The molecule has 3 unspecified atom stereocenters. The smallest absolute Gasteiger partial charge is 0.308 e. The first-order valence-corrected chi connectivity index (χ1v) is 6.00. The molecule has 0 aromatic carbocycles. The van der Waals surface area contributed by atoms with E-state index in [4.69, 9.17) is 5.11 Å². The van der Waals surface area contributed by atoms with Gasteiger partial charge >= 0.3 is 5.97 Å². The second-order valence-electron chi connectivity index (χ2n) is 4.82. The zero-order valence-electron chi connectivity index (χ0n) is 9.49. The maximum atomic E-state index is 11.1. The molecule has 5 nitrogen and oxygen atoms in total. The molecule has 5 heteroatoms. The standard InChI is InChI=1S/C12H15N3O2/c16-12(17)9-6-8-2-3-10(9)15(8)7-11-13-4-1-5-14-11/h1,4-5,8-10H,2-3,6-7H2,(H,16,17). The summed E-state index contributed by atoms with van der Waals surface area (Å²) in [5, 5.41) is 9.16. The van der Waals surface area contributed by atoms with Gasteiger partial charge in [0.1, 0.15) is 5.82 Å². The first kappa shape index (κ1) is 10.7. The van der Waals surface area contributed by atoms with Crippen molar-refractivity contribution >= 4 is 5.97 Å². The number of nitrogens with zero attached hydrogens (tertiary/aromatic N) is 3. The number of carboxylic acids is 1. The number of fused-ring (bicyclic) bond motifs is 2. The minimum Gasteiger partial charge on any atom is -0.481 e. The molecule has 0 amide bonds. The van der Waals surface area contributed by atoms with Gasteiger partial charge in [0.15, 0.2) is 0 Å². The number of carbonyl (C=O) groups is 1. The summed E-state index contributed by atoms with van der Waals surface area (Å²) < 4.78 is 0. The highest BCUT2D eigenvalue weighted by atomic mass is 16.4. The quantitative estimate of drug-likeness (QED) is 0.840. The fourth-order valence-corrected chi connectivity index (χ4v) is 3.19. The minimum atomic E-state index is -0.656. The van der Waals surface area contributed by atoms with Crippen LogP contribution in [0.5, 0.6) is 0 Å². The Balaban J connectivity index is 1.75. The van der Waals surface area contributed by atoms with Crippen LogP contribution in [0, 0.1) is 5.92 Å². The molecule has 3 heterocycles. The summed E-state index contributed by atoms with van der Waals surface area (Å²) in [5.74, 6) is -0.0657. The molecule has 2 saturated heterocycles. The molecular formula is C12H15N3O2. The highest BCUT2D eigenvalue weighted by Crippen LogP contribution is 2.42. The van der Waals surface area contributed by atoms with Crippen LogP contribution in [-0.2, 0) is 11.3 Å². The van der Waals surface area contributed by atoms with Gasteiger partial charge in [-0.3, -0.25) is 9.69 Å². The predicted molar refractivity (Wildman–Crippen MR) is 60.1 cm³/mol. The van der Waals surface area contributed by atoms with E-state index in [9.17, 15) is 4.79 Å². The highest BCUT2D eigenvalue weighted by molar-refractivity contribution is 5.71. The van der Waals surface area contributed by atoms with Crippen molar-refractivity contribution in [2.24, 2.45) is 5.92 Å². The molecule has 1 aromatic heterocycles. The van der Waals surface area contributed by atoms with E-state index in [0.717, 1.165) is 25.1 Å². The van der Waals surface area contributed by atoms with Crippen LogP contribution in [0.2, 0.25) is 0 Å². The number of hydrogen-bond acceptors (Lipinski definition) is 4. The van der Waals surface area contributed by atoms with E-state index >= 15 is 0 Å². The van der Waals surface area contributed by atoms with Gasteiger partial charge in [0.05, 0.1) is 12.5 Å². The Hall–Kier alpha value is -1.49. The maximum absolute atomic E-state index is 11.1. The lowest BCUT2D eigenvalue weighted by molar-refractivity contribution is -0.142. The Morgan fingerprint density at radius 1 is 1.41 bits per heavy atom. The number of hydrogen-bond donors (Lipinski definition) is 1. The molecule has 17 heavy (non-hydrogen) atoms. The molecule has 3 rings (SSSR count). The largest absolute Gasteiger partial charge is 0.481 e. The molecule has 0 aliphatic carbocycles. The Morgan fingerprint density at radius 3 is 2.82 bits per heavy atom. The Labute approximate surface area is 99.5 Å². The van der Waals surface area contributed by atoms with Gasteiger partial charge < -0.3 is 5.11 Å². The molecular weight excluding hydrogens is 218 g/mol. The molecule has 1 aromatic rings. The summed E-state index contributed by atoms with van der Waals surface area (Å²) in [6, 6.07) is 2.38. The second-order valence-corrected chi connectivity index (χ2v) is 4.82. The Morgan fingerprint density at radius 2 is 2.18 bits per heavy atom. The lowest BCUT2D eigenvalue weighted by atomic mass is 9.89. The molecule has 2 bridgehead atoms. The summed E-state index contributed by atoms with van der Waals surface area (Å²) >= 11 is 0. The van der Waals surface area contributed by atoms with E-state index in [1.807, 2.05) is 0 Å². The minimum absolute atomic E-state index is 0.182. The topological polar surface area (TPSA) is 66.3 Å². The van der Waals surface area contributed by atoms with E-state index in [0.29, 0.717) is 12.6 Å². The predicted octanol–water partition coefficient (Wildman–Crippen LogP) is 0.914. The third-order valence-corrected chi connectivity index (χ3v) is 3.94. The van der Waals surface area contributed by atoms with E-state index < -0.39 is 5.97 Å². The molecule has 90 valence electrons. The van der Waals surface area contributed by atoms with Crippen molar-refractivity contribution in [2.45, 2.75) is 37.9 Å². The summed E-state index contributed by atoms with van der Waals surface area (Å²) in [5.41, 5.74) is 0. The number of aromatic nitrogens is 2. The molecule has 0 spiro atoms. The van der Waals surface area contributed by atoms with Crippen molar-refractivity contribution in [3.63, 3.8) is 0 Å². The van der Waals surface area contributed by atoms with Crippen molar-refractivity contribution in [1.82, 2.24) is 14.9 Å². The summed E-state index contributed by atoms with van der Waals surface area (Å²) in [4.78, 5) is 21.8. The first-order chi connectivity index (χ1) is 8.25. The first-order valence-electron chi connectivity index (χ1n) is 6.00. The van der Waals surface area contributed by atoms with Crippen molar-refractivity contribution in [3.8, 4) is 0 Å². The van der Waals surface area contributed by atoms with Gasteiger partial charge in [-0.05, 0) is 25.3 Å². The van der Waals surface area contributed by atoms with Crippen LogP contribution < -0.4 is 0 Å². The SMILES string of the molecule is O=C(O)C1CC2CCC1N2Cc1ncccn1. The van der Waals surface area contributed by atoms with Crippen molar-refractivity contribution in [3.05, 3.63) is 24.3 Å².